The van der Waals surface area contributed by atoms with E-state index in [0.29, 0.717) is 38.4 Å². The van der Waals surface area contributed by atoms with Crippen LogP contribution in [0, 0.1) is 39.9 Å². The van der Waals surface area contributed by atoms with Gasteiger partial charge in [-0.05, 0) is 180 Å². The van der Waals surface area contributed by atoms with Gasteiger partial charge in [0.05, 0.1) is 8.07 Å². The molecular weight excluding hydrogens is 1560 g/mol. The summed E-state index contributed by atoms with van der Waals surface area (Å²) < 4.78 is 0. The SMILES string of the molecule is C1=C(CC2CCCCC2)c2ccccc2C1.CC(C)(C)C[Si](C)(Cl)C1C=C(CC2CCCCC2)c2ccccc21.CC(C)(C)C[Si](C)(Cl)C1C=C(CC2CCCCC2)c2ccccc21.C[Si](C)(C)Cc1cc2cc[cH-]cc-2c1.C[Si](C)CCC1=Cc2ccccc2C1[Si](C)(CC(C)(C)C)C1C=C(CC2CCCCC2)c2ccccc21.O.O.O. The molecule has 6 N–H and O–H groups in total. The third-order valence-corrected chi connectivity index (χ3v) is 45.3. The van der Waals surface area contributed by atoms with Crippen molar-refractivity contribution >= 4 is 90.2 Å². The van der Waals surface area contributed by atoms with Crippen LogP contribution in [-0.2, 0) is 12.5 Å². The summed E-state index contributed by atoms with van der Waals surface area (Å²) in [6.45, 7) is 41.2. The first kappa shape index (κ1) is 97.0. The van der Waals surface area contributed by atoms with Crippen molar-refractivity contribution in [2.75, 3.05) is 0 Å². The number of benzene rings is 6. The molecule has 118 heavy (non-hydrogen) atoms. The molecule has 5 aromatic carbocycles. The van der Waals surface area contributed by atoms with Crippen molar-refractivity contribution in [1.29, 1.82) is 0 Å². The number of halogens is 2. The van der Waals surface area contributed by atoms with Crippen LogP contribution in [0.4, 0.5) is 0 Å². The fourth-order valence-electron chi connectivity index (χ4n) is 23.3. The minimum absolute atomic E-state index is 0. The molecule has 7 atom stereocenters. The highest BCUT2D eigenvalue weighted by Gasteiger charge is 2.52. The highest BCUT2D eigenvalue weighted by molar-refractivity contribution is 7.21. The molecule has 7 unspecified atom stereocenters. The molecule has 643 valence electrons. The number of fused-ring (bicyclic) bond motifs is 6. The predicted octanol–water partition coefficient (Wildman–Crippen LogP) is 31.8. The lowest BCUT2D eigenvalue weighted by Crippen LogP contribution is -2.47. The number of allylic oxidation sites excluding steroid dienone is 9. The molecule has 11 aliphatic rings. The largest absolute Gasteiger partial charge is 0.412 e. The smallest absolute Gasteiger partial charge is 0.165 e. The minimum atomic E-state index is -1.90. The molecule has 0 amide bonds. The van der Waals surface area contributed by atoms with E-state index >= 15 is 0 Å². The van der Waals surface area contributed by atoms with Gasteiger partial charge in [0.25, 0.3) is 0 Å². The third kappa shape index (κ3) is 26.4. The van der Waals surface area contributed by atoms with Crippen LogP contribution in [0.1, 0.15) is 306 Å². The molecule has 11 aliphatic carbocycles. The summed E-state index contributed by atoms with van der Waals surface area (Å²) in [7, 11) is -6.84. The fraction of sp³-hybridized carbons (Fsp3) is 0.546. The van der Waals surface area contributed by atoms with Crippen molar-refractivity contribution in [1.82, 2.24) is 0 Å². The van der Waals surface area contributed by atoms with Crippen molar-refractivity contribution in [2.24, 2.45) is 39.9 Å². The third-order valence-electron chi connectivity index (χ3n) is 27.6. The van der Waals surface area contributed by atoms with Gasteiger partial charge in [0.15, 0.2) is 14.8 Å². The topological polar surface area (TPSA) is 94.5 Å². The Bertz CT molecular complexity index is 4300. The average Bonchev–Trinajstić information content (AvgIpc) is 1.53. The number of hydrogen-bond donors (Lipinski definition) is 0. The summed E-state index contributed by atoms with van der Waals surface area (Å²) in [4.78, 5) is 0. The highest BCUT2D eigenvalue weighted by Crippen LogP contribution is 2.58. The second-order valence-corrected chi connectivity index (χ2v) is 68.9. The zero-order valence-electron chi connectivity index (χ0n) is 76.7. The maximum Gasteiger partial charge on any atom is 0.165 e. The molecule has 1 radical (unpaired) electrons. The van der Waals surface area contributed by atoms with Crippen molar-refractivity contribution in [3.8, 4) is 11.1 Å². The van der Waals surface area contributed by atoms with Crippen LogP contribution in [0.5, 0.6) is 0 Å². The summed E-state index contributed by atoms with van der Waals surface area (Å²) in [5.74, 6) is 3.64. The van der Waals surface area contributed by atoms with Crippen LogP contribution >= 0.6 is 22.2 Å². The maximum absolute atomic E-state index is 7.26. The van der Waals surface area contributed by atoms with Gasteiger partial charge in [0.1, 0.15) is 0 Å². The Morgan fingerprint density at radius 3 is 1.20 bits per heavy atom. The van der Waals surface area contributed by atoms with E-state index in [1.165, 1.54) is 234 Å². The zero-order valence-corrected chi connectivity index (χ0v) is 83.2. The Labute approximate surface area is 734 Å². The Hall–Kier alpha value is -4.83. The summed E-state index contributed by atoms with van der Waals surface area (Å²) >= 11 is 14.5. The molecule has 0 aliphatic heterocycles. The first-order valence-electron chi connectivity index (χ1n) is 46.4. The molecule has 0 bridgehead atoms. The summed E-state index contributed by atoms with van der Waals surface area (Å²) in [5, 5.41) is 0. The second kappa shape index (κ2) is 42.7. The standard InChI is InChI=1S/C35H49Si2.2C22H33ClSi.C16H20.C13H17Si.3H2O/c1-35(2,3)25-37(6,34-28(20-21-36(4)5)23-27-16-10-11-18-31(27)34)33-24-29(22-26-14-8-7-9-15-26)30-17-12-13-19-32(30)33;2*1-22(2,3)16-24(4,23)21-15-18(14-17-10-6-5-7-11-17)19-12-8-9-13-20(19)21;1-2-6-13(7-3-1)12-15-11-10-14-8-4-5-9-16(14)15;1-14(2,3)10-11-8-12-6-4-5-7-13(12)9-11;;;/h10-13,16-19,23-24,26,33-34H,7-9,14-15,20-22,25H2,1-6H3;2*8-9,12-13,15,17,21H,5-7,10-11,14,16H2,1-4H3;4-5,8-9,11,13H,1-3,6-7,10,12H2;4-9H,10H2,1-3H3;3*1H2/q;;;;-1;;;. The van der Waals surface area contributed by atoms with Crippen LogP contribution in [-0.4, -0.2) is 56.1 Å². The summed E-state index contributed by atoms with van der Waals surface area (Å²) in [6, 6.07) is 65.7. The van der Waals surface area contributed by atoms with Crippen LogP contribution in [0.3, 0.4) is 0 Å². The molecule has 4 saturated carbocycles. The van der Waals surface area contributed by atoms with Gasteiger partial charge in [-0.25, -0.2) is 0 Å². The van der Waals surface area contributed by atoms with E-state index in [-0.39, 0.29) is 25.2 Å². The van der Waals surface area contributed by atoms with Gasteiger partial charge in [-0.3, -0.25) is 0 Å². The molecule has 0 aromatic heterocycles. The average molecular weight is 1720 g/mol. The summed E-state index contributed by atoms with van der Waals surface area (Å²) in [6.07, 6.45) is 49.4. The fourth-order valence-corrected chi connectivity index (χ4v) is 43.1. The number of rotatable bonds is 20. The van der Waals surface area contributed by atoms with Gasteiger partial charge in [0.2, 0.25) is 0 Å². The van der Waals surface area contributed by atoms with Gasteiger partial charge in [-0.2, -0.15) is 46.4 Å². The summed E-state index contributed by atoms with van der Waals surface area (Å²) in [5.41, 5.74) is 31.2. The molecule has 0 spiro atoms. The molecule has 3 nitrogen and oxygen atoms in total. The first-order chi connectivity index (χ1) is 54.7. The Balaban J connectivity index is 0.000000174. The molecule has 0 saturated heterocycles. The van der Waals surface area contributed by atoms with E-state index in [4.69, 9.17) is 22.2 Å². The lowest BCUT2D eigenvalue weighted by molar-refractivity contribution is 0.365. The van der Waals surface area contributed by atoms with Crippen LogP contribution in [0.25, 0.3) is 39.5 Å². The lowest BCUT2D eigenvalue weighted by atomic mass is 9.84. The molecule has 5 aromatic rings. The monoisotopic (exact) mass is 1710 g/mol. The van der Waals surface area contributed by atoms with E-state index in [1.807, 2.05) is 0 Å². The highest BCUT2D eigenvalue weighted by atomic mass is 35.6. The van der Waals surface area contributed by atoms with E-state index in [9.17, 15) is 0 Å². The van der Waals surface area contributed by atoms with E-state index in [2.05, 4.69) is 303 Å². The van der Waals surface area contributed by atoms with Crippen molar-refractivity contribution in [3.05, 3.63) is 249 Å². The Kier molecular flexibility index (Phi) is 35.1. The van der Waals surface area contributed by atoms with Crippen LogP contribution < -0.4 is 0 Å². The van der Waals surface area contributed by atoms with Gasteiger partial charge in [-0.1, -0.05) is 424 Å². The van der Waals surface area contributed by atoms with Gasteiger partial charge < -0.3 is 16.4 Å². The minimum Gasteiger partial charge on any atom is -0.412 e. The lowest BCUT2D eigenvalue weighted by Gasteiger charge is -2.45. The van der Waals surface area contributed by atoms with Crippen LogP contribution in [0.15, 0.2) is 188 Å². The van der Waals surface area contributed by atoms with Gasteiger partial charge in [0, 0.05) is 33.5 Å². The Morgan fingerprint density at radius 1 is 0.415 bits per heavy atom. The maximum atomic E-state index is 7.26. The molecule has 4 fully saturated rings. The molecular formula is C108H158Cl2O3Si5-. The van der Waals surface area contributed by atoms with E-state index in [1.54, 1.807) is 44.6 Å². The van der Waals surface area contributed by atoms with Gasteiger partial charge in [-0.15, -0.1) is 17.2 Å². The first-order valence-corrected chi connectivity index (χ1v) is 63.3. The van der Waals surface area contributed by atoms with E-state index in [0.717, 1.165) is 42.2 Å². The van der Waals surface area contributed by atoms with Crippen LogP contribution in [0.2, 0.25) is 76.6 Å². The normalized spacial score (nSPS) is 21.5. The quantitative estimate of drug-likeness (QED) is 0.0413. The number of hydrogen-bond acceptors (Lipinski definition) is 0. The van der Waals surface area contributed by atoms with Crippen molar-refractivity contribution < 1.29 is 16.4 Å². The Morgan fingerprint density at radius 2 is 0.788 bits per heavy atom. The molecule has 16 rings (SSSR count). The van der Waals surface area contributed by atoms with Gasteiger partial charge >= 0.3 is 0 Å². The van der Waals surface area contributed by atoms with Crippen molar-refractivity contribution in [3.63, 3.8) is 0 Å². The predicted molar refractivity (Wildman–Crippen MR) is 534 cm³/mol. The molecule has 10 heteroatoms. The molecule has 0 heterocycles. The second-order valence-electron chi connectivity index (χ2n) is 43.7. The van der Waals surface area contributed by atoms with Crippen molar-refractivity contribution in [2.45, 2.75) is 334 Å². The van der Waals surface area contributed by atoms with E-state index < -0.39 is 30.9 Å². The zero-order chi connectivity index (χ0) is 81.9.